The highest BCUT2D eigenvalue weighted by molar-refractivity contribution is 5.79. The number of aliphatic hydroxyl groups excluding tert-OH is 1. The lowest BCUT2D eigenvalue weighted by Gasteiger charge is -2.11. The Morgan fingerprint density at radius 3 is 2.75 bits per heavy atom. The van der Waals surface area contributed by atoms with E-state index in [9.17, 15) is 5.11 Å². The van der Waals surface area contributed by atoms with Gasteiger partial charge >= 0.3 is 0 Å². The van der Waals surface area contributed by atoms with Crippen molar-refractivity contribution in [2.24, 2.45) is 0 Å². The first-order chi connectivity index (χ1) is 13.8. The van der Waals surface area contributed by atoms with E-state index in [1.807, 2.05) is 48.5 Å². The molecule has 7 nitrogen and oxygen atoms in total. The first-order valence-electron chi connectivity index (χ1n) is 8.92. The number of oxazole rings is 1. The van der Waals surface area contributed by atoms with Crippen LogP contribution in [0.3, 0.4) is 0 Å². The molecule has 0 spiro atoms. The van der Waals surface area contributed by atoms with Crippen molar-refractivity contribution in [1.82, 2.24) is 15.0 Å². The van der Waals surface area contributed by atoms with Crippen molar-refractivity contribution in [2.75, 3.05) is 10.6 Å². The minimum Gasteiger partial charge on any atom is -0.444 e. The molecule has 2 aromatic heterocycles. The van der Waals surface area contributed by atoms with Crippen LogP contribution in [0.25, 0.3) is 22.6 Å². The average molecular weight is 371 g/mol. The summed E-state index contributed by atoms with van der Waals surface area (Å²) in [6.45, 7) is 0. The second kappa shape index (κ2) is 6.79. The monoisotopic (exact) mass is 371 g/mol. The molecule has 0 fully saturated rings. The molecule has 0 bridgehead atoms. The molecule has 3 N–H and O–H groups in total. The number of anilines is 3. The zero-order chi connectivity index (χ0) is 18.9. The Kier molecular flexibility index (Phi) is 3.99. The number of nitrogens with one attached hydrogen (secondary N) is 2. The van der Waals surface area contributed by atoms with Crippen molar-refractivity contribution in [3.8, 4) is 22.6 Å². The summed E-state index contributed by atoms with van der Waals surface area (Å²) in [6, 6.07) is 15.6. The number of aromatic nitrogens is 3. The van der Waals surface area contributed by atoms with Gasteiger partial charge in [0.1, 0.15) is 6.23 Å². The van der Waals surface area contributed by atoms with Crippen LogP contribution in [0.4, 0.5) is 17.3 Å². The molecule has 3 heterocycles. The Balaban J connectivity index is 1.46. The zero-order valence-corrected chi connectivity index (χ0v) is 14.8. The molecule has 0 amide bonds. The van der Waals surface area contributed by atoms with Gasteiger partial charge in [0, 0.05) is 40.7 Å². The van der Waals surface area contributed by atoms with Crippen molar-refractivity contribution >= 4 is 17.3 Å². The number of para-hydroxylation sites is 1. The van der Waals surface area contributed by atoms with Crippen LogP contribution in [0.2, 0.25) is 0 Å². The Morgan fingerprint density at radius 1 is 1.07 bits per heavy atom. The topological polar surface area (TPSA) is 96.1 Å². The van der Waals surface area contributed by atoms with E-state index in [1.54, 1.807) is 12.4 Å². The molecule has 5 rings (SSSR count). The van der Waals surface area contributed by atoms with Crippen molar-refractivity contribution in [3.05, 3.63) is 72.9 Å². The number of hydrogen-bond acceptors (Lipinski definition) is 7. The van der Waals surface area contributed by atoms with Gasteiger partial charge in [0.2, 0.25) is 5.95 Å². The van der Waals surface area contributed by atoms with Crippen LogP contribution in [-0.2, 0) is 6.42 Å². The van der Waals surface area contributed by atoms with Crippen LogP contribution in [0.1, 0.15) is 5.56 Å². The third-order valence-electron chi connectivity index (χ3n) is 4.64. The average Bonchev–Trinajstić information content (AvgIpc) is 3.20. The summed E-state index contributed by atoms with van der Waals surface area (Å²) in [5.41, 5.74) is 5.32. The van der Waals surface area contributed by atoms with Crippen LogP contribution in [0.15, 0.2) is 71.7 Å². The van der Waals surface area contributed by atoms with E-state index >= 15 is 0 Å². The van der Waals surface area contributed by atoms with Crippen molar-refractivity contribution < 1.29 is 9.52 Å². The summed E-state index contributed by atoms with van der Waals surface area (Å²) in [5.74, 6) is 1.22. The molecular formula is C21H17N5O2. The van der Waals surface area contributed by atoms with Gasteiger partial charge < -0.3 is 20.2 Å². The number of benzene rings is 2. The fraction of sp³-hybridized carbons (Fsp3) is 0.0952. The molecule has 2 aromatic carbocycles. The van der Waals surface area contributed by atoms with E-state index in [1.165, 1.54) is 6.39 Å². The summed E-state index contributed by atoms with van der Waals surface area (Å²) in [7, 11) is 0. The van der Waals surface area contributed by atoms with E-state index in [0.717, 1.165) is 39.5 Å². The van der Waals surface area contributed by atoms with Gasteiger partial charge in [-0.2, -0.15) is 0 Å². The summed E-state index contributed by atoms with van der Waals surface area (Å²) >= 11 is 0. The number of nitrogens with zero attached hydrogens (tertiary/aromatic N) is 3. The number of hydrogen-bond donors (Lipinski definition) is 3. The van der Waals surface area contributed by atoms with Crippen LogP contribution in [-0.4, -0.2) is 26.3 Å². The number of fused-ring (bicyclic) bond motifs is 3. The molecular weight excluding hydrogens is 354 g/mol. The van der Waals surface area contributed by atoms with Crippen LogP contribution >= 0.6 is 0 Å². The molecule has 1 atom stereocenters. The van der Waals surface area contributed by atoms with Crippen LogP contribution in [0.5, 0.6) is 0 Å². The van der Waals surface area contributed by atoms with Crippen LogP contribution < -0.4 is 10.6 Å². The highest BCUT2D eigenvalue weighted by Crippen LogP contribution is 2.33. The lowest BCUT2D eigenvalue weighted by Crippen LogP contribution is -2.20. The first kappa shape index (κ1) is 16.5. The Hall–Kier alpha value is -3.71. The van der Waals surface area contributed by atoms with E-state index in [2.05, 4.69) is 20.6 Å². The summed E-state index contributed by atoms with van der Waals surface area (Å²) < 4.78 is 5.31. The molecule has 1 aliphatic rings. The van der Waals surface area contributed by atoms with Gasteiger partial charge in [-0.05, 0) is 30.3 Å². The Labute approximate surface area is 161 Å². The Bertz CT molecular complexity index is 1110. The van der Waals surface area contributed by atoms with Gasteiger partial charge in [0.05, 0.1) is 11.9 Å². The van der Waals surface area contributed by atoms with E-state index < -0.39 is 6.23 Å². The predicted molar refractivity (Wildman–Crippen MR) is 106 cm³/mol. The molecule has 1 aliphatic heterocycles. The second-order valence-electron chi connectivity index (χ2n) is 6.55. The van der Waals surface area contributed by atoms with Crippen molar-refractivity contribution in [3.63, 3.8) is 0 Å². The van der Waals surface area contributed by atoms with Gasteiger partial charge in [-0.1, -0.05) is 18.2 Å². The van der Waals surface area contributed by atoms with Crippen molar-refractivity contribution in [2.45, 2.75) is 12.6 Å². The molecule has 0 saturated carbocycles. The number of aliphatic hydroxyl groups is 1. The second-order valence-corrected chi connectivity index (χ2v) is 6.55. The van der Waals surface area contributed by atoms with E-state index in [4.69, 9.17) is 9.40 Å². The van der Waals surface area contributed by atoms with Gasteiger partial charge in [-0.15, -0.1) is 0 Å². The SMILES string of the molecule is OC1Cc2cnc(Nc3ccc(-c4cnco4)cc3)nc2-c2ccccc2N1. The quantitative estimate of drug-likeness (QED) is 0.504. The first-order valence-corrected chi connectivity index (χ1v) is 8.92. The molecule has 28 heavy (non-hydrogen) atoms. The molecule has 7 heteroatoms. The fourth-order valence-electron chi connectivity index (χ4n) is 3.31. The Morgan fingerprint density at radius 2 is 1.93 bits per heavy atom. The molecule has 0 radical (unpaired) electrons. The molecule has 138 valence electrons. The largest absolute Gasteiger partial charge is 0.444 e. The smallest absolute Gasteiger partial charge is 0.227 e. The lowest BCUT2D eigenvalue weighted by atomic mass is 10.1. The third-order valence-corrected chi connectivity index (χ3v) is 4.64. The van der Waals surface area contributed by atoms with Gasteiger partial charge in [0.25, 0.3) is 0 Å². The normalized spacial score (nSPS) is 15.1. The minimum atomic E-state index is -0.673. The number of rotatable bonds is 3. The molecule has 0 saturated heterocycles. The standard InChI is InChI=1S/C21H17N5O2/c27-19-9-14-10-23-21(26-20(14)16-3-1-2-4-17(16)25-19)24-15-7-5-13(6-8-15)18-11-22-12-28-18/h1-8,10-12,19,25,27H,9H2,(H,23,24,26). The molecule has 4 aromatic rings. The highest BCUT2D eigenvalue weighted by Gasteiger charge is 2.20. The lowest BCUT2D eigenvalue weighted by molar-refractivity contribution is 0.205. The van der Waals surface area contributed by atoms with Gasteiger partial charge in [0.15, 0.2) is 12.2 Å². The molecule has 1 unspecified atom stereocenters. The summed E-state index contributed by atoms with van der Waals surface area (Å²) in [5, 5.41) is 16.5. The van der Waals surface area contributed by atoms with Crippen molar-refractivity contribution in [1.29, 1.82) is 0 Å². The fourth-order valence-corrected chi connectivity index (χ4v) is 3.31. The summed E-state index contributed by atoms with van der Waals surface area (Å²) in [6.07, 6.45) is 4.62. The minimum absolute atomic E-state index is 0.441. The summed E-state index contributed by atoms with van der Waals surface area (Å²) in [4.78, 5) is 13.1. The third kappa shape index (κ3) is 3.08. The maximum atomic E-state index is 10.2. The maximum absolute atomic E-state index is 10.2. The highest BCUT2D eigenvalue weighted by atomic mass is 16.3. The van der Waals surface area contributed by atoms with Gasteiger partial charge in [-0.3, -0.25) is 0 Å². The van der Waals surface area contributed by atoms with E-state index in [0.29, 0.717) is 12.4 Å². The zero-order valence-electron chi connectivity index (χ0n) is 14.8. The van der Waals surface area contributed by atoms with E-state index in [-0.39, 0.29) is 0 Å². The molecule has 0 aliphatic carbocycles. The maximum Gasteiger partial charge on any atom is 0.227 e. The van der Waals surface area contributed by atoms with Gasteiger partial charge in [-0.25, -0.2) is 15.0 Å². The van der Waals surface area contributed by atoms with Crippen LogP contribution in [0, 0.1) is 0 Å². The predicted octanol–water partition coefficient (Wildman–Crippen LogP) is 3.83.